The van der Waals surface area contributed by atoms with Gasteiger partial charge in [0.1, 0.15) is 11.5 Å². The lowest BCUT2D eigenvalue weighted by Gasteiger charge is -2.12. The fourth-order valence-electron chi connectivity index (χ4n) is 2.24. The predicted molar refractivity (Wildman–Crippen MR) is 80.1 cm³/mol. The Morgan fingerprint density at radius 2 is 1.35 bits per heavy atom. The van der Waals surface area contributed by atoms with Gasteiger partial charge in [0.25, 0.3) is 0 Å². The molecule has 0 unspecified atom stereocenters. The molecule has 0 N–H and O–H groups in total. The summed E-state index contributed by atoms with van der Waals surface area (Å²) in [6.45, 7) is 0. The maximum atomic E-state index is 13.1. The highest BCUT2D eigenvalue weighted by Crippen LogP contribution is 2.33. The molecule has 0 saturated heterocycles. The molecule has 1 nitrogen and oxygen atoms in total. The summed E-state index contributed by atoms with van der Waals surface area (Å²) in [5, 5.41) is 0. The highest BCUT2D eigenvalue weighted by molar-refractivity contribution is 5.71. The molecule has 0 bridgehead atoms. The lowest BCUT2D eigenvalue weighted by Crippen LogP contribution is -2.09. The lowest BCUT2D eigenvalue weighted by atomic mass is 10.0. The zero-order valence-electron chi connectivity index (χ0n) is 11.8. The molecule has 1 aromatic heterocycles. The van der Waals surface area contributed by atoms with Crippen LogP contribution < -0.4 is 0 Å². The van der Waals surface area contributed by atoms with Gasteiger partial charge in [-0.15, -0.1) is 0 Å². The highest BCUT2D eigenvalue weighted by atomic mass is 19.4. The molecule has 3 rings (SSSR count). The second-order valence-electron chi connectivity index (χ2n) is 5.00. The molecule has 0 saturated carbocycles. The van der Waals surface area contributed by atoms with E-state index in [0.29, 0.717) is 16.7 Å². The summed E-state index contributed by atoms with van der Waals surface area (Å²) in [5.74, 6) is -0.455. The fourth-order valence-corrected chi connectivity index (χ4v) is 2.24. The van der Waals surface area contributed by atoms with Crippen LogP contribution in [0.2, 0.25) is 0 Å². The standard InChI is InChI=1S/C18H11F4N/c19-15-8-6-13(7-9-15)16-10-14(12-4-2-1-3-5-12)11-17(23-16)18(20,21)22/h1-11H. The molecular formula is C18H11F4N. The van der Waals surface area contributed by atoms with Crippen LogP contribution >= 0.6 is 0 Å². The van der Waals surface area contributed by atoms with Crippen molar-refractivity contribution in [3.8, 4) is 22.4 Å². The van der Waals surface area contributed by atoms with Gasteiger partial charge in [-0.1, -0.05) is 30.3 Å². The van der Waals surface area contributed by atoms with Crippen LogP contribution in [0.15, 0.2) is 66.7 Å². The maximum absolute atomic E-state index is 13.1. The van der Waals surface area contributed by atoms with Crippen molar-refractivity contribution in [2.24, 2.45) is 0 Å². The molecule has 0 radical (unpaired) electrons. The molecule has 0 aliphatic rings. The minimum Gasteiger partial charge on any atom is -0.243 e. The molecule has 0 aliphatic carbocycles. The number of aromatic nitrogens is 1. The van der Waals surface area contributed by atoms with E-state index in [1.165, 1.54) is 24.3 Å². The summed E-state index contributed by atoms with van der Waals surface area (Å²) < 4.78 is 52.4. The van der Waals surface area contributed by atoms with Gasteiger partial charge in [-0.05, 0) is 47.5 Å². The third kappa shape index (κ3) is 3.39. The minimum atomic E-state index is -4.56. The molecule has 23 heavy (non-hydrogen) atoms. The molecular weight excluding hydrogens is 306 g/mol. The van der Waals surface area contributed by atoms with Gasteiger partial charge < -0.3 is 0 Å². The molecule has 116 valence electrons. The summed E-state index contributed by atoms with van der Waals surface area (Å²) in [5.41, 5.74) is 0.669. The van der Waals surface area contributed by atoms with Crippen molar-refractivity contribution in [3.63, 3.8) is 0 Å². The Balaban J connectivity index is 2.18. The van der Waals surface area contributed by atoms with Crippen LogP contribution in [0.5, 0.6) is 0 Å². The summed E-state index contributed by atoms with van der Waals surface area (Å²) in [4.78, 5) is 3.68. The monoisotopic (exact) mass is 317 g/mol. The topological polar surface area (TPSA) is 12.9 Å². The third-order valence-corrected chi connectivity index (χ3v) is 3.36. The Hall–Kier alpha value is -2.69. The van der Waals surface area contributed by atoms with E-state index in [4.69, 9.17) is 0 Å². The minimum absolute atomic E-state index is 0.152. The van der Waals surface area contributed by atoms with Gasteiger partial charge in [0.2, 0.25) is 0 Å². The first kappa shape index (κ1) is 15.2. The molecule has 0 amide bonds. The third-order valence-electron chi connectivity index (χ3n) is 3.36. The van der Waals surface area contributed by atoms with E-state index in [-0.39, 0.29) is 5.69 Å². The number of hydrogen-bond acceptors (Lipinski definition) is 1. The van der Waals surface area contributed by atoms with Gasteiger partial charge in [0, 0.05) is 5.56 Å². The fraction of sp³-hybridized carbons (Fsp3) is 0.0556. The SMILES string of the molecule is Fc1ccc(-c2cc(-c3ccccc3)cc(C(F)(F)F)n2)cc1. The molecule has 5 heteroatoms. The first-order valence-electron chi connectivity index (χ1n) is 6.84. The van der Waals surface area contributed by atoms with E-state index in [1.807, 2.05) is 0 Å². The van der Waals surface area contributed by atoms with Crippen molar-refractivity contribution >= 4 is 0 Å². The van der Waals surface area contributed by atoms with Crippen molar-refractivity contribution in [1.82, 2.24) is 4.98 Å². The van der Waals surface area contributed by atoms with Gasteiger partial charge in [-0.25, -0.2) is 9.37 Å². The van der Waals surface area contributed by atoms with E-state index in [2.05, 4.69) is 4.98 Å². The molecule has 0 aliphatic heterocycles. The number of pyridine rings is 1. The number of halogens is 4. The number of rotatable bonds is 2. The average Bonchev–Trinajstić information content (AvgIpc) is 2.55. The second-order valence-corrected chi connectivity index (χ2v) is 5.00. The van der Waals surface area contributed by atoms with Crippen molar-refractivity contribution in [2.45, 2.75) is 6.18 Å². The molecule has 1 heterocycles. The number of alkyl halides is 3. The Morgan fingerprint density at radius 3 is 1.96 bits per heavy atom. The van der Waals surface area contributed by atoms with Gasteiger partial charge in [0.05, 0.1) is 5.69 Å². The summed E-state index contributed by atoms with van der Waals surface area (Å²) in [6, 6.07) is 16.5. The summed E-state index contributed by atoms with van der Waals surface area (Å²) in [6.07, 6.45) is -4.56. The van der Waals surface area contributed by atoms with Crippen molar-refractivity contribution in [2.75, 3.05) is 0 Å². The van der Waals surface area contributed by atoms with E-state index < -0.39 is 17.7 Å². The number of hydrogen-bond donors (Lipinski definition) is 0. The van der Waals surface area contributed by atoms with Crippen LogP contribution in [-0.4, -0.2) is 4.98 Å². The van der Waals surface area contributed by atoms with E-state index >= 15 is 0 Å². The van der Waals surface area contributed by atoms with Gasteiger partial charge in [-0.3, -0.25) is 0 Å². The van der Waals surface area contributed by atoms with Crippen LogP contribution in [0.1, 0.15) is 5.69 Å². The summed E-state index contributed by atoms with van der Waals surface area (Å²) >= 11 is 0. The average molecular weight is 317 g/mol. The molecule has 3 aromatic rings. The number of benzene rings is 2. The van der Waals surface area contributed by atoms with Crippen LogP contribution in [0.4, 0.5) is 17.6 Å². The van der Waals surface area contributed by atoms with Gasteiger partial charge in [-0.2, -0.15) is 13.2 Å². The van der Waals surface area contributed by atoms with Crippen LogP contribution in [0.25, 0.3) is 22.4 Å². The summed E-state index contributed by atoms with van der Waals surface area (Å²) in [7, 11) is 0. The molecule has 0 fully saturated rings. The zero-order chi connectivity index (χ0) is 16.4. The Morgan fingerprint density at radius 1 is 0.696 bits per heavy atom. The van der Waals surface area contributed by atoms with E-state index in [0.717, 1.165) is 6.07 Å². The Kier molecular flexibility index (Phi) is 3.86. The molecule has 0 spiro atoms. The van der Waals surface area contributed by atoms with Crippen molar-refractivity contribution in [3.05, 3.63) is 78.2 Å². The second kappa shape index (κ2) is 5.83. The zero-order valence-corrected chi connectivity index (χ0v) is 11.8. The smallest absolute Gasteiger partial charge is 0.243 e. The van der Waals surface area contributed by atoms with Crippen molar-refractivity contribution < 1.29 is 17.6 Å². The normalized spacial score (nSPS) is 11.5. The Labute approximate surface area is 130 Å². The number of nitrogens with zero attached hydrogens (tertiary/aromatic N) is 1. The first-order valence-corrected chi connectivity index (χ1v) is 6.84. The molecule has 2 aromatic carbocycles. The van der Waals surface area contributed by atoms with Gasteiger partial charge in [0.15, 0.2) is 0 Å². The first-order chi connectivity index (χ1) is 10.9. The van der Waals surface area contributed by atoms with Crippen LogP contribution in [0, 0.1) is 5.82 Å². The lowest BCUT2D eigenvalue weighted by molar-refractivity contribution is -0.141. The maximum Gasteiger partial charge on any atom is 0.433 e. The van der Waals surface area contributed by atoms with E-state index in [9.17, 15) is 17.6 Å². The highest BCUT2D eigenvalue weighted by Gasteiger charge is 2.33. The van der Waals surface area contributed by atoms with E-state index in [1.54, 1.807) is 36.4 Å². The quantitative estimate of drug-likeness (QED) is 0.563. The van der Waals surface area contributed by atoms with Gasteiger partial charge >= 0.3 is 6.18 Å². The van der Waals surface area contributed by atoms with Crippen molar-refractivity contribution in [1.29, 1.82) is 0 Å². The largest absolute Gasteiger partial charge is 0.433 e. The Bertz CT molecular complexity index is 809. The van der Waals surface area contributed by atoms with Crippen LogP contribution in [-0.2, 0) is 6.18 Å². The predicted octanol–water partition coefficient (Wildman–Crippen LogP) is 5.57. The molecule has 0 atom stereocenters. The van der Waals surface area contributed by atoms with Crippen LogP contribution in [0.3, 0.4) is 0 Å².